The molecule has 6 nitrogen and oxygen atoms in total. The number of hydrogen-bond donors (Lipinski definition) is 2. The van der Waals surface area contributed by atoms with Crippen molar-refractivity contribution in [3.05, 3.63) is 23.8 Å². The summed E-state index contributed by atoms with van der Waals surface area (Å²) in [5.74, 6) is 1.99. The lowest BCUT2D eigenvalue weighted by Crippen LogP contribution is -2.50. The topological polar surface area (TPSA) is 85.0 Å². The number of likely N-dealkylation sites (tertiary alicyclic amines) is 1. The molecular weight excluding hydrogens is 380 g/mol. The Morgan fingerprint density at radius 2 is 2.00 bits per heavy atom. The summed E-state index contributed by atoms with van der Waals surface area (Å²) < 4.78 is 11.5. The molecule has 1 saturated carbocycles. The van der Waals surface area contributed by atoms with Crippen LogP contribution in [0, 0.1) is 16.7 Å². The van der Waals surface area contributed by atoms with Gasteiger partial charge in [0.15, 0.2) is 11.5 Å². The molecule has 6 heteroatoms. The molecule has 168 valence electrons. The summed E-state index contributed by atoms with van der Waals surface area (Å²) in [6.45, 7) is 11.5. The highest BCUT2D eigenvalue weighted by molar-refractivity contribution is 5.83. The summed E-state index contributed by atoms with van der Waals surface area (Å²) in [5, 5.41) is 10.7. The van der Waals surface area contributed by atoms with Crippen LogP contribution in [-0.4, -0.2) is 54.9 Å². The molecule has 2 fully saturated rings. The predicted octanol–water partition coefficient (Wildman–Crippen LogP) is 3.17. The van der Waals surface area contributed by atoms with Gasteiger partial charge >= 0.3 is 0 Å². The van der Waals surface area contributed by atoms with E-state index >= 15 is 0 Å². The summed E-state index contributed by atoms with van der Waals surface area (Å²) >= 11 is 0. The summed E-state index contributed by atoms with van der Waals surface area (Å²) in [4.78, 5) is 14.9. The number of aliphatic hydroxyl groups excluding tert-OH is 1. The fraction of sp³-hybridized carbons (Fsp3) is 0.708. The molecule has 0 radical (unpaired) electrons. The minimum atomic E-state index is -0.581. The number of methoxy groups -OCH3 is 1. The van der Waals surface area contributed by atoms with Gasteiger partial charge in [0.2, 0.25) is 5.91 Å². The first-order valence-electron chi connectivity index (χ1n) is 11.0. The summed E-state index contributed by atoms with van der Waals surface area (Å²) in [6.07, 6.45) is 1.86. The number of nitrogens with zero attached hydrogens (tertiary/aromatic N) is 1. The van der Waals surface area contributed by atoms with Gasteiger partial charge in [-0.1, -0.05) is 33.8 Å². The Labute approximate surface area is 180 Å². The van der Waals surface area contributed by atoms with Gasteiger partial charge in [-0.15, -0.1) is 0 Å². The molecule has 3 rings (SSSR count). The number of ether oxygens (including phenoxy) is 2. The Morgan fingerprint density at radius 3 is 2.53 bits per heavy atom. The van der Waals surface area contributed by atoms with E-state index in [0.29, 0.717) is 31.4 Å². The third kappa shape index (κ3) is 4.59. The maximum atomic E-state index is 13.1. The minimum Gasteiger partial charge on any atom is -0.493 e. The smallest absolute Gasteiger partial charge is 0.240 e. The molecule has 1 heterocycles. The number of nitrogens with two attached hydrogens (primary N) is 1. The van der Waals surface area contributed by atoms with Crippen LogP contribution >= 0.6 is 0 Å². The van der Waals surface area contributed by atoms with Crippen molar-refractivity contribution < 1.29 is 19.4 Å². The molecule has 0 bridgehead atoms. The number of aliphatic hydroxyl groups is 1. The third-order valence-corrected chi connectivity index (χ3v) is 6.96. The second kappa shape index (κ2) is 8.39. The monoisotopic (exact) mass is 418 g/mol. The van der Waals surface area contributed by atoms with E-state index in [0.717, 1.165) is 11.3 Å². The molecule has 1 amide bonds. The van der Waals surface area contributed by atoms with Crippen molar-refractivity contribution in [3.63, 3.8) is 0 Å². The van der Waals surface area contributed by atoms with Gasteiger partial charge in [-0.05, 0) is 48.8 Å². The quantitative estimate of drug-likeness (QED) is 0.710. The SMILES string of the molecule is COc1ccc(C2CN(C(=O)[C@H](N)C(C)(C)C)CC2(C)[C@@H](C)O)cc1OCC1CC1. The first-order chi connectivity index (χ1) is 14.0. The van der Waals surface area contributed by atoms with Gasteiger partial charge in [-0.2, -0.15) is 0 Å². The number of carbonyl (C=O) groups excluding carboxylic acids is 1. The zero-order valence-corrected chi connectivity index (χ0v) is 19.3. The molecule has 2 aliphatic rings. The van der Waals surface area contributed by atoms with Crippen LogP contribution in [0.1, 0.15) is 58.9 Å². The van der Waals surface area contributed by atoms with Gasteiger partial charge < -0.3 is 25.2 Å². The molecule has 30 heavy (non-hydrogen) atoms. The van der Waals surface area contributed by atoms with Gasteiger partial charge in [-0.3, -0.25) is 4.79 Å². The summed E-state index contributed by atoms with van der Waals surface area (Å²) in [6, 6.07) is 5.38. The summed E-state index contributed by atoms with van der Waals surface area (Å²) in [7, 11) is 1.64. The lowest BCUT2D eigenvalue weighted by molar-refractivity contribution is -0.134. The van der Waals surface area contributed by atoms with Crippen molar-refractivity contribution in [1.29, 1.82) is 0 Å². The number of rotatable bonds is 7. The van der Waals surface area contributed by atoms with Crippen LogP contribution < -0.4 is 15.2 Å². The van der Waals surface area contributed by atoms with E-state index in [1.165, 1.54) is 12.8 Å². The van der Waals surface area contributed by atoms with Crippen LogP contribution in [-0.2, 0) is 4.79 Å². The Bertz CT molecular complexity index is 769. The zero-order valence-electron chi connectivity index (χ0n) is 19.3. The van der Waals surface area contributed by atoms with E-state index in [1.807, 2.05) is 50.8 Å². The fourth-order valence-electron chi connectivity index (χ4n) is 4.17. The molecule has 1 saturated heterocycles. The molecule has 3 N–H and O–H groups in total. The second-order valence-corrected chi connectivity index (χ2v) is 10.5. The fourth-order valence-corrected chi connectivity index (χ4v) is 4.17. The standard InChI is InChI=1S/C24H38N2O4/c1-15(27)24(5)14-26(22(28)21(25)23(2,3)4)12-18(24)17-9-10-19(29-6)20(11-17)30-13-16-7-8-16/h9-11,15-16,18,21,27H,7-8,12-14,25H2,1-6H3/t15-,18?,21+,24?/m1/s1. The second-order valence-electron chi connectivity index (χ2n) is 10.5. The van der Waals surface area contributed by atoms with Crippen LogP contribution in [0.5, 0.6) is 11.5 Å². The van der Waals surface area contributed by atoms with Crippen LogP contribution in [0.2, 0.25) is 0 Å². The van der Waals surface area contributed by atoms with Crippen molar-refractivity contribution >= 4 is 5.91 Å². The third-order valence-electron chi connectivity index (χ3n) is 6.96. The Balaban J connectivity index is 1.88. The van der Waals surface area contributed by atoms with Crippen LogP contribution in [0.15, 0.2) is 18.2 Å². The van der Waals surface area contributed by atoms with Crippen molar-refractivity contribution in [3.8, 4) is 11.5 Å². The molecule has 1 aliphatic carbocycles. The molecule has 1 aromatic carbocycles. The lowest BCUT2D eigenvalue weighted by atomic mass is 9.72. The molecular formula is C24H38N2O4. The van der Waals surface area contributed by atoms with E-state index in [9.17, 15) is 9.90 Å². The first-order valence-corrected chi connectivity index (χ1v) is 11.0. The molecule has 1 aromatic rings. The lowest BCUT2D eigenvalue weighted by Gasteiger charge is -2.34. The normalized spacial score (nSPS) is 26.4. The highest BCUT2D eigenvalue weighted by Gasteiger charge is 2.49. The van der Waals surface area contributed by atoms with Crippen molar-refractivity contribution in [2.45, 2.75) is 65.5 Å². The predicted molar refractivity (Wildman–Crippen MR) is 118 cm³/mol. The zero-order chi connectivity index (χ0) is 22.3. The van der Waals surface area contributed by atoms with E-state index < -0.39 is 17.6 Å². The van der Waals surface area contributed by atoms with Crippen molar-refractivity contribution in [2.75, 3.05) is 26.8 Å². The van der Waals surface area contributed by atoms with Crippen molar-refractivity contribution in [2.24, 2.45) is 22.5 Å². The number of benzene rings is 1. The van der Waals surface area contributed by atoms with E-state index in [1.54, 1.807) is 14.0 Å². The van der Waals surface area contributed by atoms with Crippen LogP contribution in [0.3, 0.4) is 0 Å². The van der Waals surface area contributed by atoms with Gasteiger partial charge in [0.25, 0.3) is 0 Å². The molecule has 4 atom stereocenters. The van der Waals surface area contributed by atoms with E-state index in [4.69, 9.17) is 15.2 Å². The largest absolute Gasteiger partial charge is 0.493 e. The first kappa shape index (κ1) is 22.9. The van der Waals surface area contributed by atoms with Gasteiger partial charge in [-0.25, -0.2) is 0 Å². The number of hydrogen-bond acceptors (Lipinski definition) is 5. The Hall–Kier alpha value is -1.79. The molecule has 0 spiro atoms. The summed E-state index contributed by atoms with van der Waals surface area (Å²) in [5.41, 5.74) is 6.52. The highest BCUT2D eigenvalue weighted by Crippen LogP contribution is 2.47. The van der Waals surface area contributed by atoms with E-state index in [2.05, 4.69) is 0 Å². The molecule has 2 unspecified atom stereocenters. The molecule has 1 aliphatic heterocycles. The number of amides is 1. The Kier molecular flexibility index (Phi) is 6.40. The van der Waals surface area contributed by atoms with Gasteiger partial charge in [0.05, 0.1) is 25.9 Å². The maximum Gasteiger partial charge on any atom is 0.240 e. The maximum absolute atomic E-state index is 13.1. The Morgan fingerprint density at radius 1 is 1.33 bits per heavy atom. The number of carbonyl (C=O) groups is 1. The average molecular weight is 419 g/mol. The molecule has 0 aromatic heterocycles. The average Bonchev–Trinajstić information content (AvgIpc) is 3.45. The van der Waals surface area contributed by atoms with Crippen LogP contribution in [0.25, 0.3) is 0 Å². The van der Waals surface area contributed by atoms with Crippen LogP contribution in [0.4, 0.5) is 0 Å². The van der Waals surface area contributed by atoms with E-state index in [-0.39, 0.29) is 17.2 Å². The van der Waals surface area contributed by atoms with Crippen molar-refractivity contribution in [1.82, 2.24) is 4.90 Å². The van der Waals surface area contributed by atoms with Gasteiger partial charge in [0, 0.05) is 24.4 Å². The highest BCUT2D eigenvalue weighted by atomic mass is 16.5. The van der Waals surface area contributed by atoms with Gasteiger partial charge in [0.1, 0.15) is 0 Å². The minimum absolute atomic E-state index is 0.0252.